The third kappa shape index (κ3) is 5.13. The number of furan rings is 1. The molecule has 1 aliphatic rings. The Labute approximate surface area is 139 Å². The second-order valence-electron chi connectivity index (χ2n) is 5.37. The monoisotopic (exact) mass is 332 g/mol. The molecule has 1 aromatic carbocycles. The SMILES string of the molecule is O=C(CC1COCCN1)Nc1ccc(SCc2ccco2)cc1. The lowest BCUT2D eigenvalue weighted by molar-refractivity contribution is -0.117. The summed E-state index contributed by atoms with van der Waals surface area (Å²) in [6, 6.07) is 11.8. The molecule has 0 radical (unpaired) electrons. The Morgan fingerprint density at radius 1 is 1.30 bits per heavy atom. The quantitative estimate of drug-likeness (QED) is 0.797. The molecule has 1 amide bonds. The van der Waals surface area contributed by atoms with Gasteiger partial charge < -0.3 is 19.8 Å². The smallest absolute Gasteiger partial charge is 0.226 e. The van der Waals surface area contributed by atoms with E-state index >= 15 is 0 Å². The van der Waals surface area contributed by atoms with Gasteiger partial charge in [-0.3, -0.25) is 4.79 Å². The van der Waals surface area contributed by atoms with Crippen molar-refractivity contribution in [2.24, 2.45) is 0 Å². The van der Waals surface area contributed by atoms with Crippen molar-refractivity contribution < 1.29 is 13.9 Å². The zero-order chi connectivity index (χ0) is 15.9. The Morgan fingerprint density at radius 2 is 2.17 bits per heavy atom. The zero-order valence-corrected chi connectivity index (χ0v) is 13.6. The number of anilines is 1. The van der Waals surface area contributed by atoms with E-state index in [9.17, 15) is 4.79 Å². The van der Waals surface area contributed by atoms with Crippen LogP contribution in [-0.2, 0) is 15.3 Å². The maximum Gasteiger partial charge on any atom is 0.226 e. The number of hydrogen-bond donors (Lipinski definition) is 2. The maximum atomic E-state index is 12.0. The molecule has 1 aliphatic heterocycles. The first kappa shape index (κ1) is 16.1. The van der Waals surface area contributed by atoms with Gasteiger partial charge in [-0.1, -0.05) is 0 Å². The van der Waals surface area contributed by atoms with Crippen molar-refractivity contribution in [2.45, 2.75) is 23.1 Å². The van der Waals surface area contributed by atoms with Crippen LogP contribution in [0, 0.1) is 0 Å². The van der Waals surface area contributed by atoms with Crippen LogP contribution in [0.2, 0.25) is 0 Å². The number of thioether (sulfide) groups is 1. The van der Waals surface area contributed by atoms with Gasteiger partial charge in [0.1, 0.15) is 5.76 Å². The van der Waals surface area contributed by atoms with E-state index in [1.165, 1.54) is 0 Å². The Bertz CT molecular complexity index is 607. The van der Waals surface area contributed by atoms with Gasteiger partial charge >= 0.3 is 0 Å². The number of rotatable bonds is 6. The van der Waals surface area contributed by atoms with Crippen LogP contribution in [0.4, 0.5) is 5.69 Å². The van der Waals surface area contributed by atoms with Crippen molar-refractivity contribution >= 4 is 23.4 Å². The van der Waals surface area contributed by atoms with E-state index in [0.717, 1.165) is 35.2 Å². The van der Waals surface area contributed by atoms with Crippen LogP contribution >= 0.6 is 11.8 Å². The molecule has 1 fully saturated rings. The third-order valence-corrected chi connectivity index (χ3v) is 4.56. The molecule has 0 aliphatic carbocycles. The number of hydrogen-bond acceptors (Lipinski definition) is 5. The molecule has 2 heterocycles. The Balaban J connectivity index is 1.45. The number of amides is 1. The number of benzene rings is 1. The first-order chi connectivity index (χ1) is 11.3. The lowest BCUT2D eigenvalue weighted by atomic mass is 10.2. The van der Waals surface area contributed by atoms with Crippen LogP contribution in [0.3, 0.4) is 0 Å². The molecule has 0 saturated carbocycles. The van der Waals surface area contributed by atoms with Crippen molar-refractivity contribution in [1.29, 1.82) is 0 Å². The molecule has 0 spiro atoms. The van der Waals surface area contributed by atoms with E-state index in [1.807, 2.05) is 36.4 Å². The highest BCUT2D eigenvalue weighted by molar-refractivity contribution is 7.98. The fourth-order valence-electron chi connectivity index (χ4n) is 2.37. The van der Waals surface area contributed by atoms with Gasteiger partial charge in [-0.15, -0.1) is 11.8 Å². The molecule has 3 rings (SSSR count). The summed E-state index contributed by atoms with van der Waals surface area (Å²) in [5, 5.41) is 6.20. The summed E-state index contributed by atoms with van der Waals surface area (Å²) >= 11 is 1.70. The van der Waals surface area contributed by atoms with E-state index in [1.54, 1.807) is 18.0 Å². The van der Waals surface area contributed by atoms with E-state index in [4.69, 9.17) is 9.15 Å². The highest BCUT2D eigenvalue weighted by Crippen LogP contribution is 2.24. The summed E-state index contributed by atoms with van der Waals surface area (Å²) in [6.45, 7) is 2.12. The first-order valence-electron chi connectivity index (χ1n) is 7.66. The lowest BCUT2D eigenvalue weighted by Gasteiger charge is -2.23. The van der Waals surface area contributed by atoms with Gasteiger partial charge in [0, 0.05) is 29.6 Å². The maximum absolute atomic E-state index is 12.0. The highest BCUT2D eigenvalue weighted by atomic mass is 32.2. The van der Waals surface area contributed by atoms with Gasteiger partial charge in [0.2, 0.25) is 5.91 Å². The van der Waals surface area contributed by atoms with Crippen molar-refractivity contribution in [1.82, 2.24) is 5.32 Å². The van der Waals surface area contributed by atoms with E-state index in [2.05, 4.69) is 10.6 Å². The fourth-order valence-corrected chi connectivity index (χ4v) is 3.17. The third-order valence-electron chi connectivity index (χ3n) is 3.53. The number of carbonyl (C=O) groups is 1. The van der Waals surface area contributed by atoms with E-state index < -0.39 is 0 Å². The molecule has 2 N–H and O–H groups in total. The van der Waals surface area contributed by atoms with E-state index in [-0.39, 0.29) is 11.9 Å². The van der Waals surface area contributed by atoms with Gasteiger partial charge in [0.25, 0.3) is 0 Å². The minimum absolute atomic E-state index is 0.00369. The summed E-state index contributed by atoms with van der Waals surface area (Å²) in [5.41, 5.74) is 0.814. The minimum Gasteiger partial charge on any atom is -0.468 e. The molecular weight excluding hydrogens is 312 g/mol. The van der Waals surface area contributed by atoms with Crippen molar-refractivity contribution in [2.75, 3.05) is 25.1 Å². The van der Waals surface area contributed by atoms with Gasteiger partial charge in [0.15, 0.2) is 0 Å². The van der Waals surface area contributed by atoms with Crippen molar-refractivity contribution in [3.63, 3.8) is 0 Å². The Hall–Kier alpha value is -1.76. The molecule has 5 nitrogen and oxygen atoms in total. The van der Waals surface area contributed by atoms with Gasteiger partial charge in [0.05, 0.1) is 25.2 Å². The molecule has 0 bridgehead atoms. The first-order valence-corrected chi connectivity index (χ1v) is 8.64. The number of ether oxygens (including phenoxy) is 1. The normalized spacial score (nSPS) is 17.8. The predicted octanol–water partition coefficient (Wildman–Crippen LogP) is 2.89. The van der Waals surface area contributed by atoms with Crippen LogP contribution in [0.5, 0.6) is 0 Å². The van der Waals surface area contributed by atoms with Gasteiger partial charge in [-0.2, -0.15) is 0 Å². The van der Waals surface area contributed by atoms with Crippen LogP contribution in [0.1, 0.15) is 12.2 Å². The molecule has 1 saturated heterocycles. The van der Waals surface area contributed by atoms with Crippen molar-refractivity contribution in [3.8, 4) is 0 Å². The van der Waals surface area contributed by atoms with Crippen LogP contribution in [0.25, 0.3) is 0 Å². The highest BCUT2D eigenvalue weighted by Gasteiger charge is 2.16. The molecule has 23 heavy (non-hydrogen) atoms. The zero-order valence-electron chi connectivity index (χ0n) is 12.8. The van der Waals surface area contributed by atoms with Gasteiger partial charge in [-0.25, -0.2) is 0 Å². The molecule has 1 aromatic heterocycles. The van der Waals surface area contributed by atoms with Crippen LogP contribution in [0.15, 0.2) is 52.0 Å². The van der Waals surface area contributed by atoms with Crippen molar-refractivity contribution in [3.05, 3.63) is 48.4 Å². The second kappa shape index (κ2) is 8.19. The van der Waals surface area contributed by atoms with E-state index in [0.29, 0.717) is 13.0 Å². The summed E-state index contributed by atoms with van der Waals surface area (Å²) in [4.78, 5) is 13.2. The molecule has 1 unspecified atom stereocenters. The topological polar surface area (TPSA) is 63.5 Å². The molecular formula is C17H20N2O3S. The lowest BCUT2D eigenvalue weighted by Crippen LogP contribution is -2.43. The van der Waals surface area contributed by atoms with Gasteiger partial charge in [-0.05, 0) is 36.4 Å². The number of nitrogens with one attached hydrogen (secondary N) is 2. The number of carbonyl (C=O) groups excluding carboxylic acids is 1. The molecule has 6 heteroatoms. The Kier molecular flexibility index (Phi) is 5.74. The van der Waals surface area contributed by atoms with Crippen LogP contribution < -0.4 is 10.6 Å². The average molecular weight is 332 g/mol. The fraction of sp³-hybridized carbons (Fsp3) is 0.353. The molecule has 122 valence electrons. The van der Waals surface area contributed by atoms with Crippen LogP contribution in [-0.4, -0.2) is 31.7 Å². The largest absolute Gasteiger partial charge is 0.468 e. The summed E-state index contributed by atoms with van der Waals surface area (Å²) in [7, 11) is 0. The number of morpholine rings is 1. The summed E-state index contributed by atoms with van der Waals surface area (Å²) in [5.74, 6) is 1.75. The molecule has 1 atom stereocenters. The average Bonchev–Trinajstić information content (AvgIpc) is 3.08. The minimum atomic E-state index is 0.00369. The summed E-state index contributed by atoms with van der Waals surface area (Å²) in [6.07, 6.45) is 2.11. The summed E-state index contributed by atoms with van der Waals surface area (Å²) < 4.78 is 10.7. The Morgan fingerprint density at radius 3 is 2.87 bits per heavy atom. The second-order valence-corrected chi connectivity index (χ2v) is 6.42. The molecule has 2 aromatic rings. The predicted molar refractivity (Wildman–Crippen MR) is 90.6 cm³/mol. The standard InChI is InChI=1S/C17H20N2O3S/c20-17(10-14-11-21-9-7-18-14)19-13-3-5-16(6-4-13)23-12-15-2-1-8-22-15/h1-6,8,14,18H,7,9-12H2,(H,19,20).